The number of hydrogen-bond acceptors (Lipinski definition) is 4. The van der Waals surface area contributed by atoms with Gasteiger partial charge in [-0.3, -0.25) is 4.79 Å². The van der Waals surface area contributed by atoms with E-state index >= 15 is 0 Å². The number of aliphatic carboxylic acids is 1. The van der Waals surface area contributed by atoms with Crippen LogP contribution in [0.3, 0.4) is 0 Å². The Balaban J connectivity index is 1.48. The standard InChI is InChI=1S/C26H32N2O5/c1-4-13-26(3,24(30)31)28-23(29)14-17(2)15-27-25(32)33-16-22-20-11-7-5-9-18(20)19-10-6-8-12-21(19)22/h5-12,17,22H,4,13-16H2,1-3H3,(H,27,32)(H,28,29)(H,30,31). The van der Waals surface area contributed by atoms with Gasteiger partial charge in [-0.2, -0.15) is 0 Å². The van der Waals surface area contributed by atoms with Crippen LogP contribution in [0.15, 0.2) is 48.5 Å². The van der Waals surface area contributed by atoms with Gasteiger partial charge in [0, 0.05) is 18.9 Å². The van der Waals surface area contributed by atoms with Gasteiger partial charge in [0.15, 0.2) is 0 Å². The summed E-state index contributed by atoms with van der Waals surface area (Å²) >= 11 is 0. The molecule has 0 heterocycles. The van der Waals surface area contributed by atoms with E-state index in [1.54, 1.807) is 0 Å². The topological polar surface area (TPSA) is 105 Å². The van der Waals surface area contributed by atoms with Gasteiger partial charge in [-0.1, -0.05) is 68.8 Å². The zero-order valence-electron chi connectivity index (χ0n) is 19.4. The van der Waals surface area contributed by atoms with Gasteiger partial charge in [-0.25, -0.2) is 9.59 Å². The van der Waals surface area contributed by atoms with Gasteiger partial charge < -0.3 is 20.5 Å². The van der Waals surface area contributed by atoms with E-state index in [1.807, 2.05) is 38.1 Å². The average molecular weight is 453 g/mol. The van der Waals surface area contributed by atoms with E-state index in [0.29, 0.717) is 12.8 Å². The normalized spacial score (nSPS) is 15.0. The number of carboxylic acids is 1. The molecule has 0 aliphatic heterocycles. The molecule has 0 radical (unpaired) electrons. The highest BCUT2D eigenvalue weighted by molar-refractivity contribution is 5.86. The molecule has 2 aromatic rings. The Morgan fingerprint density at radius 2 is 1.64 bits per heavy atom. The number of rotatable bonds is 10. The van der Waals surface area contributed by atoms with Crippen molar-refractivity contribution in [3.05, 3.63) is 59.7 Å². The fraction of sp³-hybridized carbons (Fsp3) is 0.423. The van der Waals surface area contributed by atoms with Gasteiger partial charge in [0.05, 0.1) is 0 Å². The van der Waals surface area contributed by atoms with E-state index < -0.39 is 17.6 Å². The van der Waals surface area contributed by atoms with E-state index in [2.05, 4.69) is 34.9 Å². The third-order valence-corrected chi connectivity index (χ3v) is 6.11. The summed E-state index contributed by atoms with van der Waals surface area (Å²) in [6.07, 6.45) is 0.559. The Bertz CT molecular complexity index is 976. The molecule has 1 aliphatic carbocycles. The van der Waals surface area contributed by atoms with Crippen molar-refractivity contribution in [2.75, 3.05) is 13.2 Å². The molecule has 0 aromatic heterocycles. The molecule has 1 aliphatic rings. The maximum Gasteiger partial charge on any atom is 0.407 e. The van der Waals surface area contributed by atoms with E-state index in [9.17, 15) is 19.5 Å². The molecule has 0 spiro atoms. The van der Waals surface area contributed by atoms with Gasteiger partial charge >= 0.3 is 12.1 Å². The first kappa shape index (κ1) is 24.3. The number of carboxylic acid groups (broad SMARTS) is 1. The summed E-state index contributed by atoms with van der Waals surface area (Å²) in [7, 11) is 0. The minimum Gasteiger partial charge on any atom is -0.480 e. The van der Waals surface area contributed by atoms with Crippen molar-refractivity contribution in [1.82, 2.24) is 10.6 Å². The highest BCUT2D eigenvalue weighted by Crippen LogP contribution is 2.44. The van der Waals surface area contributed by atoms with Crippen LogP contribution in [0.1, 0.15) is 57.1 Å². The Hall–Kier alpha value is -3.35. The lowest BCUT2D eigenvalue weighted by Crippen LogP contribution is -2.52. The molecule has 176 valence electrons. The molecule has 3 rings (SSSR count). The number of ether oxygens (including phenoxy) is 1. The number of fused-ring (bicyclic) bond motifs is 3. The van der Waals surface area contributed by atoms with Crippen LogP contribution in [0, 0.1) is 5.92 Å². The largest absolute Gasteiger partial charge is 0.480 e. The third-order valence-electron chi connectivity index (χ3n) is 6.11. The first-order valence-corrected chi connectivity index (χ1v) is 11.4. The number of hydrogen-bond donors (Lipinski definition) is 3. The van der Waals surface area contributed by atoms with Crippen molar-refractivity contribution < 1.29 is 24.2 Å². The molecule has 7 heteroatoms. The Kier molecular flexibility index (Phi) is 7.74. The van der Waals surface area contributed by atoms with Gasteiger partial charge in [0.1, 0.15) is 12.1 Å². The van der Waals surface area contributed by atoms with Crippen molar-refractivity contribution >= 4 is 18.0 Å². The van der Waals surface area contributed by atoms with Crippen LogP contribution in [-0.2, 0) is 14.3 Å². The smallest absolute Gasteiger partial charge is 0.407 e. The second-order valence-corrected chi connectivity index (χ2v) is 8.95. The lowest BCUT2D eigenvalue weighted by Gasteiger charge is -2.26. The lowest BCUT2D eigenvalue weighted by molar-refractivity contribution is -0.147. The number of carbonyl (C=O) groups is 3. The van der Waals surface area contributed by atoms with Crippen LogP contribution < -0.4 is 10.6 Å². The minimum absolute atomic E-state index is 0.0152. The number of nitrogens with one attached hydrogen (secondary N) is 2. The minimum atomic E-state index is -1.29. The van der Waals surface area contributed by atoms with E-state index in [-0.39, 0.29) is 37.3 Å². The molecule has 0 saturated heterocycles. The Morgan fingerprint density at radius 3 is 2.18 bits per heavy atom. The second kappa shape index (κ2) is 10.5. The fourth-order valence-corrected chi connectivity index (χ4v) is 4.38. The summed E-state index contributed by atoms with van der Waals surface area (Å²) in [5, 5.41) is 14.7. The molecule has 0 saturated carbocycles. The molecule has 2 aromatic carbocycles. The molecule has 2 amide bonds. The molecule has 0 fully saturated rings. The van der Waals surface area contributed by atoms with Crippen molar-refractivity contribution in [2.24, 2.45) is 5.92 Å². The number of carbonyl (C=O) groups excluding carboxylic acids is 2. The van der Waals surface area contributed by atoms with E-state index in [0.717, 1.165) is 22.3 Å². The van der Waals surface area contributed by atoms with Crippen LogP contribution in [0.25, 0.3) is 11.1 Å². The van der Waals surface area contributed by atoms with E-state index in [4.69, 9.17) is 4.74 Å². The Labute approximate surface area is 194 Å². The van der Waals surface area contributed by atoms with Gasteiger partial charge in [0.2, 0.25) is 5.91 Å². The molecule has 7 nitrogen and oxygen atoms in total. The summed E-state index contributed by atoms with van der Waals surface area (Å²) < 4.78 is 5.51. The number of benzene rings is 2. The molecule has 2 atom stereocenters. The molecular formula is C26H32N2O5. The van der Waals surface area contributed by atoms with Crippen molar-refractivity contribution in [3.63, 3.8) is 0 Å². The summed E-state index contributed by atoms with van der Waals surface area (Å²) in [4.78, 5) is 36.1. The first-order valence-electron chi connectivity index (χ1n) is 11.4. The fourth-order valence-electron chi connectivity index (χ4n) is 4.38. The van der Waals surface area contributed by atoms with Crippen LogP contribution >= 0.6 is 0 Å². The first-order chi connectivity index (χ1) is 15.7. The zero-order chi connectivity index (χ0) is 24.0. The number of alkyl carbamates (subject to hydrolysis) is 1. The molecule has 33 heavy (non-hydrogen) atoms. The van der Waals surface area contributed by atoms with Gasteiger partial charge in [-0.05, 0) is 41.5 Å². The molecular weight excluding hydrogens is 420 g/mol. The quantitative estimate of drug-likeness (QED) is 0.498. The summed E-state index contributed by atoms with van der Waals surface area (Å²) in [5.41, 5.74) is 3.33. The summed E-state index contributed by atoms with van der Waals surface area (Å²) in [6.45, 7) is 5.68. The highest BCUT2D eigenvalue weighted by Gasteiger charge is 2.34. The summed E-state index contributed by atoms with van der Waals surface area (Å²) in [5.74, 6) is -1.60. The maximum absolute atomic E-state index is 12.3. The zero-order valence-corrected chi connectivity index (χ0v) is 19.4. The van der Waals surface area contributed by atoms with Crippen LogP contribution in [0.5, 0.6) is 0 Å². The summed E-state index contributed by atoms with van der Waals surface area (Å²) in [6, 6.07) is 16.3. The maximum atomic E-state index is 12.3. The van der Waals surface area contributed by atoms with Crippen LogP contribution in [0.4, 0.5) is 4.79 Å². The Morgan fingerprint density at radius 1 is 1.06 bits per heavy atom. The van der Waals surface area contributed by atoms with Crippen molar-refractivity contribution in [3.8, 4) is 11.1 Å². The van der Waals surface area contributed by atoms with Crippen molar-refractivity contribution in [2.45, 2.75) is 51.5 Å². The second-order valence-electron chi connectivity index (χ2n) is 8.95. The van der Waals surface area contributed by atoms with Crippen LogP contribution in [0.2, 0.25) is 0 Å². The van der Waals surface area contributed by atoms with Crippen LogP contribution in [-0.4, -0.2) is 41.8 Å². The molecule has 0 bridgehead atoms. The average Bonchev–Trinajstić information content (AvgIpc) is 3.10. The SMILES string of the molecule is CCCC(C)(NC(=O)CC(C)CNC(=O)OCC1c2ccccc2-c2ccccc21)C(=O)O. The van der Waals surface area contributed by atoms with Gasteiger partial charge in [0.25, 0.3) is 0 Å². The molecule has 3 N–H and O–H groups in total. The van der Waals surface area contributed by atoms with Gasteiger partial charge in [-0.15, -0.1) is 0 Å². The molecule has 2 unspecified atom stereocenters. The van der Waals surface area contributed by atoms with E-state index in [1.165, 1.54) is 6.92 Å². The third kappa shape index (κ3) is 5.72. The highest BCUT2D eigenvalue weighted by atomic mass is 16.5. The van der Waals surface area contributed by atoms with Crippen molar-refractivity contribution in [1.29, 1.82) is 0 Å². The predicted octanol–water partition coefficient (Wildman–Crippen LogP) is 4.31. The lowest BCUT2D eigenvalue weighted by atomic mass is 9.95. The predicted molar refractivity (Wildman–Crippen MR) is 126 cm³/mol. The monoisotopic (exact) mass is 452 g/mol. The number of amides is 2.